The van der Waals surface area contributed by atoms with E-state index in [1.165, 1.54) is 6.92 Å². The first-order valence-electron chi connectivity index (χ1n) is 9.71. The smallest absolute Gasteiger partial charge is 0.390 e. The monoisotopic (exact) mass is 534 g/mol. The molecule has 2 saturated heterocycles. The second-order valence-corrected chi connectivity index (χ2v) is 10.6. The van der Waals surface area contributed by atoms with Crippen LogP contribution in [0, 0.1) is 5.92 Å². The minimum Gasteiger partial charge on any atom is -0.390 e. The Morgan fingerprint density at radius 1 is 1.12 bits per heavy atom. The molecule has 2 aliphatic rings. The van der Waals surface area contributed by atoms with Crippen LogP contribution in [0.15, 0.2) is 21.9 Å². The van der Waals surface area contributed by atoms with Crippen molar-refractivity contribution in [2.45, 2.75) is 50.0 Å². The van der Waals surface area contributed by atoms with Crippen LogP contribution in [0.1, 0.15) is 13.2 Å². The minimum absolute atomic E-state index is 0.352. The van der Waals surface area contributed by atoms with Gasteiger partial charge < -0.3 is 39.7 Å². The Morgan fingerprint density at radius 3 is 2.44 bits per heavy atom. The zero-order valence-electron chi connectivity index (χ0n) is 17.4. The van der Waals surface area contributed by atoms with E-state index in [-0.39, 0.29) is 6.61 Å². The van der Waals surface area contributed by atoms with E-state index in [9.17, 15) is 48.9 Å². The van der Waals surface area contributed by atoms with Gasteiger partial charge in [0.25, 0.3) is 5.56 Å². The second kappa shape index (κ2) is 10.4. The third kappa shape index (κ3) is 6.27. The van der Waals surface area contributed by atoms with E-state index >= 15 is 0 Å². The number of hydrogen-bond donors (Lipinski definition) is 7. The SMILES string of the molecule is C[C@@H]1[C@@H](O)[C@@H](OP(=O)(O)OP(=O)(O)OC[C@H]2O[C@@H](n3ccc(=O)[nH]c3=O)[C@H](O)[C@@H]2O)OC[C@H]1O. The summed E-state index contributed by atoms with van der Waals surface area (Å²) in [7, 11) is -10.7. The van der Waals surface area contributed by atoms with E-state index in [0.29, 0.717) is 0 Å². The molecule has 2 aliphatic heterocycles. The van der Waals surface area contributed by atoms with Crippen molar-refractivity contribution in [1.82, 2.24) is 9.55 Å². The predicted octanol–water partition coefficient (Wildman–Crippen LogP) is -2.88. The summed E-state index contributed by atoms with van der Waals surface area (Å²) in [6, 6.07) is 0.955. The van der Waals surface area contributed by atoms with Gasteiger partial charge in [0.05, 0.1) is 19.3 Å². The third-order valence-corrected chi connectivity index (χ3v) is 7.76. The van der Waals surface area contributed by atoms with Crippen LogP contribution in [0.25, 0.3) is 0 Å². The van der Waals surface area contributed by atoms with Crippen molar-refractivity contribution in [3.05, 3.63) is 33.1 Å². The number of aliphatic hydroxyl groups is 4. The average molecular weight is 534 g/mol. The van der Waals surface area contributed by atoms with Crippen molar-refractivity contribution >= 4 is 15.6 Å². The van der Waals surface area contributed by atoms with Gasteiger partial charge in [-0.15, -0.1) is 0 Å². The number of ether oxygens (including phenoxy) is 2. The minimum atomic E-state index is -5.36. The topological polar surface area (TPSA) is 257 Å². The number of phosphoric ester groups is 2. The van der Waals surface area contributed by atoms with Gasteiger partial charge >= 0.3 is 21.3 Å². The average Bonchev–Trinajstić information content (AvgIpc) is 3.00. The highest BCUT2D eigenvalue weighted by Gasteiger charge is 2.47. The zero-order chi connectivity index (χ0) is 25.4. The Morgan fingerprint density at radius 2 is 1.79 bits per heavy atom. The number of H-pyrrole nitrogens is 1. The van der Waals surface area contributed by atoms with Crippen molar-refractivity contribution in [1.29, 1.82) is 0 Å². The quantitative estimate of drug-likeness (QED) is 0.165. The highest BCUT2D eigenvalue weighted by atomic mass is 31.3. The molecule has 3 rings (SSSR count). The number of nitrogens with one attached hydrogen (secondary N) is 1. The number of nitrogens with zero attached hydrogens (tertiary/aromatic N) is 1. The predicted molar refractivity (Wildman–Crippen MR) is 106 cm³/mol. The van der Waals surface area contributed by atoms with Crippen molar-refractivity contribution in [3.8, 4) is 0 Å². The van der Waals surface area contributed by atoms with Crippen LogP contribution in [0.5, 0.6) is 0 Å². The van der Waals surface area contributed by atoms with Gasteiger partial charge in [-0.3, -0.25) is 23.4 Å². The number of phosphoric acid groups is 2. The standard InChI is InChI=1S/C15H24N2O15P2/c1-6-7(18)4-28-14(10(6)20)31-34(26,27)32-33(24,25)29-5-8-11(21)12(22)13(30-8)17-3-2-9(19)16-15(17)23/h2-3,6-8,10-14,18,20-22H,4-5H2,1H3,(H,24,25)(H,26,27)(H,16,19,23)/t6-,7+,8+,10+,11+,12+,13+,14+/m0/s1. The van der Waals surface area contributed by atoms with Gasteiger partial charge in [0.1, 0.15) is 24.4 Å². The maximum Gasteiger partial charge on any atom is 0.483 e. The van der Waals surface area contributed by atoms with Gasteiger partial charge in [0.15, 0.2) is 12.5 Å². The summed E-state index contributed by atoms with van der Waals surface area (Å²) in [6.07, 6.45) is -9.87. The van der Waals surface area contributed by atoms with Crippen LogP contribution in [-0.4, -0.2) is 89.8 Å². The molecular formula is C15H24N2O15P2. The summed E-state index contributed by atoms with van der Waals surface area (Å²) < 4.78 is 48.4. The molecule has 2 unspecified atom stereocenters. The molecule has 7 N–H and O–H groups in total. The Kier molecular flexibility index (Phi) is 8.32. The van der Waals surface area contributed by atoms with Crippen LogP contribution in [-0.2, 0) is 32.0 Å². The first kappa shape index (κ1) is 27.3. The number of aromatic amines is 1. The van der Waals surface area contributed by atoms with Gasteiger partial charge in [-0.1, -0.05) is 6.92 Å². The fourth-order valence-electron chi connectivity index (χ4n) is 3.21. The molecule has 1 aromatic rings. The Bertz CT molecular complexity index is 1080. The molecule has 19 heteroatoms. The second-order valence-electron chi connectivity index (χ2n) is 7.60. The van der Waals surface area contributed by atoms with Gasteiger partial charge in [-0.2, -0.15) is 4.31 Å². The molecule has 0 bridgehead atoms. The molecule has 34 heavy (non-hydrogen) atoms. The molecule has 0 aliphatic carbocycles. The molecule has 17 nitrogen and oxygen atoms in total. The number of aliphatic hydroxyl groups excluding tert-OH is 4. The van der Waals surface area contributed by atoms with Crippen LogP contribution in [0.3, 0.4) is 0 Å². The highest BCUT2D eigenvalue weighted by molar-refractivity contribution is 7.61. The molecule has 0 spiro atoms. The third-order valence-electron chi connectivity index (χ3n) is 5.16. The molecule has 10 atom stereocenters. The largest absolute Gasteiger partial charge is 0.483 e. The van der Waals surface area contributed by atoms with Gasteiger partial charge in [-0.25, -0.2) is 13.9 Å². The van der Waals surface area contributed by atoms with Crippen LogP contribution in [0.2, 0.25) is 0 Å². The molecule has 194 valence electrons. The maximum absolute atomic E-state index is 12.1. The van der Waals surface area contributed by atoms with E-state index in [1.54, 1.807) is 0 Å². The van der Waals surface area contributed by atoms with E-state index in [2.05, 4.69) is 13.4 Å². The molecule has 0 radical (unpaired) electrons. The van der Waals surface area contributed by atoms with E-state index in [4.69, 9.17) is 9.47 Å². The molecular weight excluding hydrogens is 510 g/mol. The Balaban J connectivity index is 1.59. The van der Waals surface area contributed by atoms with Crippen molar-refractivity contribution in [2.24, 2.45) is 5.92 Å². The Hall–Kier alpha value is -1.30. The lowest BCUT2D eigenvalue weighted by Crippen LogP contribution is -2.48. The molecule has 2 fully saturated rings. The molecule has 3 heterocycles. The number of aromatic nitrogens is 2. The van der Waals surface area contributed by atoms with Crippen molar-refractivity contribution in [2.75, 3.05) is 13.2 Å². The van der Waals surface area contributed by atoms with Gasteiger partial charge in [0.2, 0.25) is 0 Å². The Labute approximate surface area is 190 Å². The highest BCUT2D eigenvalue weighted by Crippen LogP contribution is 2.61. The summed E-state index contributed by atoms with van der Waals surface area (Å²) in [5.74, 6) is -0.814. The molecule has 1 aromatic heterocycles. The van der Waals surface area contributed by atoms with Gasteiger partial charge in [0, 0.05) is 18.2 Å². The molecule has 0 aromatic carbocycles. The molecule has 0 amide bonds. The normalized spacial score (nSPS) is 37.7. The summed E-state index contributed by atoms with van der Waals surface area (Å²) in [5.41, 5.74) is -1.69. The number of hydrogen-bond acceptors (Lipinski definition) is 13. The van der Waals surface area contributed by atoms with Crippen molar-refractivity contribution in [3.63, 3.8) is 0 Å². The van der Waals surface area contributed by atoms with Crippen LogP contribution >= 0.6 is 15.6 Å². The maximum atomic E-state index is 12.1. The lowest BCUT2D eigenvalue weighted by Gasteiger charge is -2.36. The van der Waals surface area contributed by atoms with Crippen molar-refractivity contribution < 1.29 is 62.2 Å². The lowest BCUT2D eigenvalue weighted by molar-refractivity contribution is -0.226. The fourth-order valence-corrected chi connectivity index (χ4v) is 5.38. The summed E-state index contributed by atoms with van der Waals surface area (Å²) in [5, 5.41) is 39.8. The lowest BCUT2D eigenvalue weighted by atomic mass is 9.96. The first-order chi connectivity index (χ1) is 15.7. The van der Waals surface area contributed by atoms with Crippen LogP contribution < -0.4 is 11.2 Å². The summed E-state index contributed by atoms with van der Waals surface area (Å²) in [6.45, 7) is 0.106. The van der Waals surface area contributed by atoms with E-state index in [1.807, 2.05) is 4.98 Å². The zero-order valence-corrected chi connectivity index (χ0v) is 19.2. The summed E-state index contributed by atoms with van der Waals surface area (Å²) in [4.78, 5) is 44.5. The molecule has 0 saturated carbocycles. The number of rotatable bonds is 8. The summed E-state index contributed by atoms with van der Waals surface area (Å²) >= 11 is 0. The fraction of sp³-hybridized carbons (Fsp3) is 0.733. The van der Waals surface area contributed by atoms with E-state index < -0.39 is 82.5 Å². The van der Waals surface area contributed by atoms with E-state index in [0.717, 1.165) is 16.8 Å². The first-order valence-corrected chi connectivity index (χ1v) is 12.7. The van der Waals surface area contributed by atoms with Gasteiger partial charge in [-0.05, 0) is 0 Å². The van der Waals surface area contributed by atoms with Crippen LogP contribution in [0.4, 0.5) is 0 Å².